The number of unbranched alkanes of at least 4 members (excludes halogenated alkanes) is 11. The van der Waals surface area contributed by atoms with Gasteiger partial charge in [0.25, 0.3) is 0 Å². The highest BCUT2D eigenvalue weighted by Gasteiger charge is 2.23. The fourth-order valence-corrected chi connectivity index (χ4v) is 6.22. The lowest BCUT2D eigenvalue weighted by Crippen LogP contribution is -2.46. The van der Waals surface area contributed by atoms with E-state index in [9.17, 15) is 19.8 Å². The van der Waals surface area contributed by atoms with Gasteiger partial charge in [0, 0.05) is 6.42 Å². The minimum Gasteiger partial charge on any atom is -0.458 e. The first-order valence-corrected chi connectivity index (χ1v) is 24.2. The molecule has 1 amide bonds. The van der Waals surface area contributed by atoms with Crippen molar-refractivity contribution in [2.24, 2.45) is 0 Å². The summed E-state index contributed by atoms with van der Waals surface area (Å²) in [6.07, 6.45) is 69.3. The molecule has 0 saturated carbocycles. The Balaban J connectivity index is 4.93. The van der Waals surface area contributed by atoms with Crippen molar-refractivity contribution in [3.8, 4) is 0 Å². The Morgan fingerprint density at radius 2 is 0.968 bits per heavy atom. The van der Waals surface area contributed by atoms with Crippen molar-refractivity contribution in [3.63, 3.8) is 0 Å². The van der Waals surface area contributed by atoms with Crippen LogP contribution in [0.25, 0.3) is 0 Å². The molecule has 6 nitrogen and oxygen atoms in total. The minimum absolute atomic E-state index is 0.0767. The standard InChI is InChI=1S/C56H87NO5/c1-4-7-10-13-16-19-21-23-25-27-29-31-33-36-38-41-44-47-52(50-55(60)57-53(51-58)54(59)48-45-42-39-35-18-15-12-9-6-3)62-56(61)49-46-43-40-37-34-32-30-28-26-24-22-20-17-14-11-8-5-2/h7-8,10-11,14,16-17,19-20,22-26,28-32,34,36,38,44,47,52-54,58-59H,4-6,9,12-13,15,18,21,27,33,35,37,39-43,45-46,48-51H2,1-3H3,(H,57,60)/b10-7-,11-8-,17-14+,19-16-,22-20+,25-23-,26-24-,30-28+,31-29-,34-32+,38-36-,47-44-. The fraction of sp³-hybridized carbons (Fsp3) is 0.536. The maximum Gasteiger partial charge on any atom is 0.306 e. The quantitative estimate of drug-likeness (QED) is 0.0247. The Hall–Kier alpha value is -4.26. The average molecular weight is 854 g/mol. The molecular formula is C56H87NO5. The van der Waals surface area contributed by atoms with Gasteiger partial charge in [0.2, 0.25) is 5.91 Å². The van der Waals surface area contributed by atoms with E-state index in [2.05, 4.69) is 99.0 Å². The van der Waals surface area contributed by atoms with Crippen LogP contribution in [0.3, 0.4) is 0 Å². The monoisotopic (exact) mass is 854 g/mol. The highest BCUT2D eigenvalue weighted by atomic mass is 16.5. The van der Waals surface area contributed by atoms with Crippen LogP contribution in [0.1, 0.15) is 168 Å². The number of ether oxygens (including phenoxy) is 1. The zero-order chi connectivity index (χ0) is 45.2. The summed E-state index contributed by atoms with van der Waals surface area (Å²) in [4.78, 5) is 26.0. The van der Waals surface area contributed by atoms with Crippen molar-refractivity contribution in [3.05, 3.63) is 146 Å². The number of aliphatic hydroxyl groups excluding tert-OH is 2. The second-order valence-corrected chi connectivity index (χ2v) is 15.5. The number of rotatable bonds is 40. The zero-order valence-electron chi connectivity index (χ0n) is 39.2. The predicted octanol–water partition coefficient (Wildman–Crippen LogP) is 14.4. The van der Waals surface area contributed by atoms with Crippen molar-refractivity contribution < 1.29 is 24.5 Å². The third-order valence-corrected chi connectivity index (χ3v) is 9.82. The number of esters is 1. The fourth-order valence-electron chi connectivity index (χ4n) is 6.22. The molecule has 0 aliphatic rings. The van der Waals surface area contributed by atoms with Crippen LogP contribution in [0.5, 0.6) is 0 Å². The van der Waals surface area contributed by atoms with Gasteiger partial charge in [0.05, 0.1) is 25.2 Å². The van der Waals surface area contributed by atoms with Gasteiger partial charge in [-0.15, -0.1) is 0 Å². The van der Waals surface area contributed by atoms with Gasteiger partial charge in [-0.1, -0.05) is 225 Å². The molecule has 0 radical (unpaired) electrons. The van der Waals surface area contributed by atoms with Gasteiger partial charge in [0.15, 0.2) is 0 Å². The molecule has 0 aliphatic carbocycles. The van der Waals surface area contributed by atoms with Crippen LogP contribution in [-0.2, 0) is 14.3 Å². The molecule has 62 heavy (non-hydrogen) atoms. The molecule has 0 rings (SSSR count). The Labute approximate surface area is 379 Å². The zero-order valence-corrected chi connectivity index (χ0v) is 39.2. The Morgan fingerprint density at radius 1 is 0.516 bits per heavy atom. The van der Waals surface area contributed by atoms with Gasteiger partial charge < -0.3 is 20.3 Å². The minimum atomic E-state index is -0.837. The number of hydrogen-bond acceptors (Lipinski definition) is 5. The molecule has 0 bridgehead atoms. The molecule has 346 valence electrons. The Morgan fingerprint density at radius 3 is 1.48 bits per heavy atom. The lowest BCUT2D eigenvalue weighted by molar-refractivity contribution is -0.148. The van der Waals surface area contributed by atoms with Crippen LogP contribution >= 0.6 is 0 Å². The molecule has 0 spiro atoms. The number of allylic oxidation sites excluding steroid dienone is 23. The van der Waals surface area contributed by atoms with Gasteiger partial charge in [-0.25, -0.2) is 0 Å². The van der Waals surface area contributed by atoms with Gasteiger partial charge in [-0.3, -0.25) is 9.59 Å². The molecule has 6 heteroatoms. The third-order valence-electron chi connectivity index (χ3n) is 9.82. The summed E-state index contributed by atoms with van der Waals surface area (Å²) < 4.78 is 5.79. The van der Waals surface area contributed by atoms with E-state index in [1.54, 1.807) is 6.08 Å². The van der Waals surface area contributed by atoms with E-state index in [0.29, 0.717) is 19.3 Å². The smallest absolute Gasteiger partial charge is 0.306 e. The summed E-state index contributed by atoms with van der Waals surface area (Å²) >= 11 is 0. The van der Waals surface area contributed by atoms with Crippen LogP contribution in [0.4, 0.5) is 0 Å². The van der Waals surface area contributed by atoms with Gasteiger partial charge in [-0.2, -0.15) is 0 Å². The van der Waals surface area contributed by atoms with E-state index < -0.39 is 18.2 Å². The second kappa shape index (κ2) is 47.8. The van der Waals surface area contributed by atoms with Crippen molar-refractivity contribution in [2.75, 3.05) is 6.61 Å². The molecule has 0 heterocycles. The first kappa shape index (κ1) is 57.7. The van der Waals surface area contributed by atoms with Crippen molar-refractivity contribution in [2.45, 2.75) is 187 Å². The Bertz CT molecular complexity index is 1420. The van der Waals surface area contributed by atoms with E-state index >= 15 is 0 Å². The Kier molecular flexibility index (Phi) is 44.5. The summed E-state index contributed by atoms with van der Waals surface area (Å²) in [6.45, 7) is 6.13. The summed E-state index contributed by atoms with van der Waals surface area (Å²) in [5.74, 6) is -0.702. The number of nitrogens with one attached hydrogen (secondary N) is 1. The summed E-state index contributed by atoms with van der Waals surface area (Å²) in [5, 5.41) is 23.6. The van der Waals surface area contributed by atoms with Crippen LogP contribution in [0, 0.1) is 0 Å². The van der Waals surface area contributed by atoms with Crippen LogP contribution in [-0.4, -0.2) is 46.9 Å². The molecule has 3 atom stereocenters. The number of amides is 1. The van der Waals surface area contributed by atoms with E-state index in [1.165, 1.54) is 38.5 Å². The highest BCUT2D eigenvalue weighted by molar-refractivity contribution is 5.78. The van der Waals surface area contributed by atoms with Gasteiger partial charge >= 0.3 is 5.97 Å². The summed E-state index contributed by atoms with van der Waals surface area (Å²) in [7, 11) is 0. The summed E-state index contributed by atoms with van der Waals surface area (Å²) in [6, 6.07) is -0.762. The number of aliphatic hydroxyl groups is 2. The molecule has 0 aromatic carbocycles. The first-order valence-electron chi connectivity index (χ1n) is 24.2. The van der Waals surface area contributed by atoms with Crippen molar-refractivity contribution in [1.29, 1.82) is 0 Å². The lowest BCUT2D eigenvalue weighted by Gasteiger charge is -2.23. The van der Waals surface area contributed by atoms with Crippen LogP contribution in [0.2, 0.25) is 0 Å². The maximum absolute atomic E-state index is 13.1. The second-order valence-electron chi connectivity index (χ2n) is 15.5. The molecule has 0 aliphatic heterocycles. The average Bonchev–Trinajstić information content (AvgIpc) is 3.26. The molecule has 3 unspecified atom stereocenters. The van der Waals surface area contributed by atoms with Crippen LogP contribution < -0.4 is 5.32 Å². The van der Waals surface area contributed by atoms with E-state index in [0.717, 1.165) is 77.0 Å². The molecule has 0 saturated heterocycles. The van der Waals surface area contributed by atoms with E-state index in [4.69, 9.17) is 4.74 Å². The SMILES string of the molecule is CC\C=C/C=C/C=C/C=C\C=C\C=C\CCCCCC(=O)OC(/C=C\C/C=C\C/C=C\C/C=C\C/C=C\C/C=C\CC)CC(=O)NC(CO)C(O)CCCCCCCCCCC. The van der Waals surface area contributed by atoms with Gasteiger partial charge in [-0.05, 0) is 76.7 Å². The van der Waals surface area contributed by atoms with Crippen molar-refractivity contribution >= 4 is 11.9 Å². The molecule has 0 aromatic rings. The maximum atomic E-state index is 13.1. The molecule has 0 fully saturated rings. The number of hydrogen-bond donors (Lipinski definition) is 3. The van der Waals surface area contributed by atoms with Crippen molar-refractivity contribution in [1.82, 2.24) is 5.32 Å². The topological polar surface area (TPSA) is 95.9 Å². The summed E-state index contributed by atoms with van der Waals surface area (Å²) in [5.41, 5.74) is 0. The van der Waals surface area contributed by atoms with E-state index in [-0.39, 0.29) is 31.3 Å². The number of carbonyl (C=O) groups is 2. The number of carbonyl (C=O) groups excluding carboxylic acids is 2. The lowest BCUT2D eigenvalue weighted by atomic mass is 10.0. The van der Waals surface area contributed by atoms with Gasteiger partial charge in [0.1, 0.15) is 6.10 Å². The normalized spacial score (nSPS) is 14.6. The van der Waals surface area contributed by atoms with Crippen LogP contribution in [0.15, 0.2) is 146 Å². The molecular weight excluding hydrogens is 767 g/mol. The van der Waals surface area contributed by atoms with E-state index in [1.807, 2.05) is 66.8 Å². The molecule has 0 aromatic heterocycles. The molecule has 3 N–H and O–H groups in total. The predicted molar refractivity (Wildman–Crippen MR) is 268 cm³/mol. The highest BCUT2D eigenvalue weighted by Crippen LogP contribution is 2.14. The first-order chi connectivity index (χ1) is 30.5. The largest absolute Gasteiger partial charge is 0.458 e. The third kappa shape index (κ3) is 42.4.